The lowest BCUT2D eigenvalue weighted by Gasteiger charge is -2.32. The molecule has 16 heteroatoms. The molecule has 0 radical (unpaired) electrons. The molecule has 2 aromatic heterocycles. The van der Waals surface area contributed by atoms with Crippen molar-refractivity contribution in [2.24, 2.45) is 5.92 Å². The number of rotatable bonds is 11. The number of piperidine rings is 2. The molecule has 0 spiro atoms. The quantitative estimate of drug-likeness (QED) is 0.145. The van der Waals surface area contributed by atoms with Crippen molar-refractivity contribution >= 4 is 29.4 Å². The van der Waals surface area contributed by atoms with Crippen LogP contribution in [0, 0.1) is 5.92 Å². The zero-order valence-electron chi connectivity index (χ0n) is 29.5. The summed E-state index contributed by atoms with van der Waals surface area (Å²) in [5.41, 5.74) is 0.595. The fraction of sp³-hybridized carbons (Fsp3) is 0.421. The minimum atomic E-state index is -4.00. The van der Waals surface area contributed by atoms with Crippen LogP contribution in [0.15, 0.2) is 77.3 Å². The molecule has 6 rings (SSSR count). The van der Waals surface area contributed by atoms with Gasteiger partial charge in [0.15, 0.2) is 12.4 Å². The second-order valence-electron chi connectivity index (χ2n) is 13.1. The van der Waals surface area contributed by atoms with Crippen molar-refractivity contribution in [3.05, 3.63) is 95.5 Å². The molecule has 2 aliphatic rings. The predicted octanol–water partition coefficient (Wildman–Crippen LogP) is 8.72. The van der Waals surface area contributed by atoms with Gasteiger partial charge in [-0.2, -0.15) is 26.9 Å². The number of halogens is 6. The second-order valence-corrected chi connectivity index (χ2v) is 13.1. The van der Waals surface area contributed by atoms with Crippen molar-refractivity contribution in [2.75, 3.05) is 54.6 Å². The molecule has 2 saturated heterocycles. The Morgan fingerprint density at radius 1 is 0.926 bits per heavy atom. The van der Waals surface area contributed by atoms with Gasteiger partial charge in [0.05, 0.1) is 24.1 Å². The molecular formula is C38H41F6N5O5. The molecule has 290 valence electrons. The van der Waals surface area contributed by atoms with Gasteiger partial charge in [0.25, 0.3) is 11.9 Å². The molecular weight excluding hydrogens is 720 g/mol. The molecule has 0 bridgehead atoms. The van der Waals surface area contributed by atoms with E-state index in [-0.39, 0.29) is 23.2 Å². The zero-order chi connectivity index (χ0) is 38.9. The molecule has 1 amide bonds. The van der Waals surface area contributed by atoms with Gasteiger partial charge >= 0.3 is 18.1 Å². The van der Waals surface area contributed by atoms with Gasteiger partial charge in [0, 0.05) is 32.6 Å². The second kappa shape index (κ2) is 17.7. The molecule has 10 nitrogen and oxygen atoms in total. The number of nitrogens with zero attached hydrogens (tertiary/aromatic N) is 4. The van der Waals surface area contributed by atoms with Crippen LogP contribution in [0.1, 0.15) is 77.1 Å². The van der Waals surface area contributed by atoms with Crippen molar-refractivity contribution in [3.8, 4) is 5.75 Å². The van der Waals surface area contributed by atoms with E-state index in [4.69, 9.17) is 9.15 Å². The normalized spacial score (nSPS) is 15.7. The van der Waals surface area contributed by atoms with E-state index in [0.717, 1.165) is 32.6 Å². The summed E-state index contributed by atoms with van der Waals surface area (Å²) in [6.45, 7) is 1.93. The number of carboxylic acid groups (broad SMARTS) is 1. The topological polar surface area (TPSA) is 121 Å². The summed E-state index contributed by atoms with van der Waals surface area (Å²) in [7, 11) is 0. The fourth-order valence-corrected chi connectivity index (χ4v) is 6.14. The molecule has 54 heavy (non-hydrogen) atoms. The number of amides is 1. The summed E-state index contributed by atoms with van der Waals surface area (Å²) >= 11 is 0. The van der Waals surface area contributed by atoms with Crippen molar-refractivity contribution in [1.82, 2.24) is 9.97 Å². The van der Waals surface area contributed by atoms with Gasteiger partial charge in [-0.15, -0.1) is 0 Å². The maximum Gasteiger partial charge on any atom is 0.388 e. The average Bonchev–Trinajstić information content (AvgIpc) is 3.65. The molecule has 4 heterocycles. The third-order valence-corrected chi connectivity index (χ3v) is 9.28. The van der Waals surface area contributed by atoms with Crippen molar-refractivity contribution in [2.45, 2.75) is 57.0 Å². The van der Waals surface area contributed by atoms with Crippen molar-refractivity contribution in [3.63, 3.8) is 0 Å². The Kier molecular flexibility index (Phi) is 13.1. The molecule has 2 N–H and O–H groups in total. The maximum atomic E-state index is 14.6. The Morgan fingerprint density at radius 3 is 2.19 bits per heavy atom. The van der Waals surface area contributed by atoms with Crippen LogP contribution in [0.5, 0.6) is 5.75 Å². The van der Waals surface area contributed by atoms with Crippen molar-refractivity contribution < 1.29 is 50.2 Å². The monoisotopic (exact) mass is 761 g/mol. The van der Waals surface area contributed by atoms with E-state index < -0.39 is 48.5 Å². The summed E-state index contributed by atoms with van der Waals surface area (Å²) in [6.07, 6.45) is -0.0990. The minimum Gasteiger partial charge on any atom is -0.493 e. The Bertz CT molecular complexity index is 1820. The standard InChI is InChI=1S/C35H36F3N5O5.C3H5F3/c36-22-35(37,38)31-30(48-34(41-31)43-17-13-25(14-18-43)24-5-2-1-3-6-24)32(44)40-27-9-10-29(39-20-27)42-15-11-23(12-16-42)21-47-28-8-4-7-26(19-28)33(45)46;1-2-3(4,5)6/h1-10,19-20,23,25H,11-18,21-22H2,(H,40,44)(H,45,46);2H2,1H3. The van der Waals surface area contributed by atoms with E-state index in [2.05, 4.69) is 32.3 Å². The summed E-state index contributed by atoms with van der Waals surface area (Å²) in [5.74, 6) is -4.92. The SMILES string of the molecule is CCC(F)(F)F.O=C(O)c1cccc(OCC2CCN(c3ccc(NC(=O)c4oc(N5CCC(c6ccccc6)CC5)nc4C(F)(F)CF)cn3)CC2)c1. The average molecular weight is 762 g/mol. The van der Waals surface area contributed by atoms with Gasteiger partial charge in [-0.3, -0.25) is 4.79 Å². The van der Waals surface area contributed by atoms with Crippen LogP contribution in [0.3, 0.4) is 0 Å². The lowest BCUT2D eigenvalue weighted by molar-refractivity contribution is -0.130. The Balaban J connectivity index is 0.000000864. The van der Waals surface area contributed by atoms with E-state index in [9.17, 15) is 41.0 Å². The highest BCUT2D eigenvalue weighted by Crippen LogP contribution is 2.36. The number of hydrogen-bond donors (Lipinski definition) is 2. The van der Waals surface area contributed by atoms with Crippen LogP contribution in [0.2, 0.25) is 0 Å². The molecule has 0 saturated carbocycles. The van der Waals surface area contributed by atoms with Crippen LogP contribution >= 0.6 is 0 Å². The molecule has 0 aliphatic carbocycles. The van der Waals surface area contributed by atoms with Gasteiger partial charge in [0.2, 0.25) is 5.76 Å². The van der Waals surface area contributed by atoms with Gasteiger partial charge in [-0.25, -0.2) is 14.2 Å². The number of hydrogen-bond acceptors (Lipinski definition) is 8. The summed E-state index contributed by atoms with van der Waals surface area (Å²) in [6, 6.07) is 19.6. The fourth-order valence-electron chi connectivity index (χ4n) is 6.14. The number of pyridine rings is 1. The Hall–Kier alpha value is -5.28. The third-order valence-electron chi connectivity index (χ3n) is 9.28. The number of carboxylic acids is 1. The van der Waals surface area contributed by atoms with E-state index in [1.54, 1.807) is 29.2 Å². The highest BCUT2D eigenvalue weighted by atomic mass is 19.4. The van der Waals surface area contributed by atoms with Gasteiger partial charge in [0.1, 0.15) is 11.6 Å². The summed E-state index contributed by atoms with van der Waals surface area (Å²) in [5, 5.41) is 11.7. The maximum absolute atomic E-state index is 14.6. The van der Waals surface area contributed by atoms with Crippen LogP contribution in [0.25, 0.3) is 0 Å². The molecule has 2 fully saturated rings. The number of alkyl halides is 6. The summed E-state index contributed by atoms with van der Waals surface area (Å²) < 4.78 is 86.5. The number of oxazole rings is 1. The first-order valence-electron chi connectivity index (χ1n) is 17.6. The largest absolute Gasteiger partial charge is 0.493 e. The van der Waals surface area contributed by atoms with E-state index in [1.165, 1.54) is 23.9 Å². The molecule has 2 aliphatic heterocycles. The predicted molar refractivity (Wildman–Crippen MR) is 189 cm³/mol. The number of anilines is 3. The number of ether oxygens (including phenoxy) is 1. The first-order chi connectivity index (χ1) is 25.8. The number of carbonyl (C=O) groups excluding carboxylic acids is 1. The van der Waals surface area contributed by atoms with E-state index in [0.29, 0.717) is 50.3 Å². The first kappa shape index (κ1) is 39.9. The van der Waals surface area contributed by atoms with Crippen LogP contribution in [0.4, 0.5) is 43.9 Å². The van der Waals surface area contributed by atoms with Gasteiger partial charge in [-0.05, 0) is 73.4 Å². The molecule has 2 aromatic carbocycles. The van der Waals surface area contributed by atoms with Crippen LogP contribution in [-0.4, -0.2) is 72.6 Å². The Morgan fingerprint density at radius 2 is 1.59 bits per heavy atom. The number of aromatic carboxylic acids is 1. The molecule has 4 aromatic rings. The Labute approximate surface area is 308 Å². The lowest BCUT2D eigenvalue weighted by atomic mass is 9.90. The first-order valence-corrected chi connectivity index (χ1v) is 17.6. The highest BCUT2D eigenvalue weighted by Gasteiger charge is 2.42. The number of benzene rings is 2. The zero-order valence-corrected chi connectivity index (χ0v) is 29.5. The molecule has 0 atom stereocenters. The number of carbonyl (C=O) groups is 2. The third kappa shape index (κ3) is 10.7. The highest BCUT2D eigenvalue weighted by molar-refractivity contribution is 6.03. The number of nitrogens with one attached hydrogen (secondary N) is 1. The number of aromatic nitrogens is 2. The smallest absolute Gasteiger partial charge is 0.388 e. The van der Waals surface area contributed by atoms with Gasteiger partial charge < -0.3 is 29.4 Å². The summed E-state index contributed by atoms with van der Waals surface area (Å²) in [4.78, 5) is 36.5. The van der Waals surface area contributed by atoms with E-state index in [1.807, 2.05) is 18.2 Å². The lowest BCUT2D eigenvalue weighted by Crippen LogP contribution is -2.36. The van der Waals surface area contributed by atoms with Gasteiger partial charge in [-0.1, -0.05) is 43.3 Å². The van der Waals surface area contributed by atoms with Crippen molar-refractivity contribution in [1.29, 1.82) is 0 Å². The van der Waals surface area contributed by atoms with E-state index >= 15 is 0 Å². The minimum absolute atomic E-state index is 0.133. The van der Waals surface area contributed by atoms with Crippen LogP contribution < -0.4 is 19.9 Å². The molecule has 0 unspecified atom stereocenters. The van der Waals surface area contributed by atoms with Crippen LogP contribution in [-0.2, 0) is 5.92 Å².